The number of non-ortho nitro benzene ring substituents is 1. The Bertz CT molecular complexity index is 1270. The van der Waals surface area contributed by atoms with Gasteiger partial charge in [0.2, 0.25) is 0 Å². The highest BCUT2D eigenvalue weighted by Crippen LogP contribution is 2.37. The van der Waals surface area contributed by atoms with Crippen LogP contribution in [0.4, 0.5) is 11.4 Å². The molecule has 0 spiro atoms. The molecule has 0 atom stereocenters. The van der Waals surface area contributed by atoms with Gasteiger partial charge >= 0.3 is 0 Å². The number of hydrogen-bond acceptors (Lipinski definition) is 5. The quantitative estimate of drug-likeness (QED) is 0.257. The molecule has 2 amide bonds. The molecule has 158 valence electrons. The third kappa shape index (κ3) is 4.68. The zero-order chi connectivity index (χ0) is 22.7. The summed E-state index contributed by atoms with van der Waals surface area (Å²) in [5.41, 5.74) is 1.38. The first-order chi connectivity index (χ1) is 15.4. The zero-order valence-electron chi connectivity index (χ0n) is 16.3. The average molecular weight is 508 g/mol. The first kappa shape index (κ1) is 21.7. The first-order valence-corrected chi connectivity index (χ1v) is 11.0. The number of halogens is 1. The molecule has 0 radical (unpaired) electrons. The molecule has 1 heterocycles. The fraction of sp³-hybridized carbons (Fsp3) is 0. The molecule has 0 unspecified atom stereocenters. The van der Waals surface area contributed by atoms with Crippen molar-refractivity contribution < 1.29 is 14.5 Å². The van der Waals surface area contributed by atoms with Crippen molar-refractivity contribution in [3.8, 4) is 0 Å². The van der Waals surface area contributed by atoms with Gasteiger partial charge in [0.15, 0.2) is 5.17 Å². The van der Waals surface area contributed by atoms with Crippen LogP contribution in [0.1, 0.15) is 15.9 Å². The third-order valence-electron chi connectivity index (χ3n) is 4.49. The molecule has 9 heteroatoms. The normalized spacial score (nSPS) is 16.0. The lowest BCUT2D eigenvalue weighted by atomic mass is 10.2. The summed E-state index contributed by atoms with van der Waals surface area (Å²) in [7, 11) is 0. The molecule has 1 fully saturated rings. The number of nitro benzene ring substituents is 1. The zero-order valence-corrected chi connectivity index (χ0v) is 18.7. The summed E-state index contributed by atoms with van der Waals surface area (Å²) in [6, 6.07) is 21.6. The highest BCUT2D eigenvalue weighted by Gasteiger charge is 2.35. The van der Waals surface area contributed by atoms with Gasteiger partial charge in [-0.15, -0.1) is 0 Å². The van der Waals surface area contributed by atoms with Crippen molar-refractivity contribution in [2.45, 2.75) is 0 Å². The Morgan fingerprint density at radius 2 is 1.75 bits per heavy atom. The molecule has 7 nitrogen and oxygen atoms in total. The molecule has 1 aliphatic heterocycles. The van der Waals surface area contributed by atoms with Crippen LogP contribution in [0.5, 0.6) is 0 Å². The van der Waals surface area contributed by atoms with E-state index < -0.39 is 10.8 Å². The maximum absolute atomic E-state index is 13.2. The SMILES string of the molecule is O=C(N=C1SC(=Cc2cccc([N+](=O)[O-])c2)C(=O)N1c1ccc(Br)cc1)c1ccccc1. The van der Waals surface area contributed by atoms with Gasteiger partial charge in [-0.25, -0.2) is 0 Å². The number of nitro groups is 1. The van der Waals surface area contributed by atoms with Gasteiger partial charge in [-0.05, 0) is 59.8 Å². The number of thioether (sulfide) groups is 1. The molecule has 0 bridgehead atoms. The van der Waals surface area contributed by atoms with E-state index in [1.807, 2.05) is 0 Å². The molecule has 3 aromatic rings. The summed E-state index contributed by atoms with van der Waals surface area (Å²) < 4.78 is 0.840. The first-order valence-electron chi connectivity index (χ1n) is 9.34. The standard InChI is InChI=1S/C23H14BrN3O4S/c24-17-9-11-18(12-10-17)26-22(29)20(14-15-5-4-8-19(13-15)27(30)31)32-23(26)25-21(28)16-6-2-1-3-7-16/h1-14H. The van der Waals surface area contributed by atoms with Crippen LogP contribution in [0.2, 0.25) is 0 Å². The van der Waals surface area contributed by atoms with Gasteiger partial charge in [-0.2, -0.15) is 4.99 Å². The Balaban J connectivity index is 1.75. The maximum atomic E-state index is 13.2. The van der Waals surface area contributed by atoms with Gasteiger partial charge < -0.3 is 0 Å². The lowest BCUT2D eigenvalue weighted by molar-refractivity contribution is -0.384. The fourth-order valence-corrected chi connectivity index (χ4v) is 4.22. The van der Waals surface area contributed by atoms with Crippen molar-refractivity contribution >= 4 is 62.1 Å². The van der Waals surface area contributed by atoms with Crippen molar-refractivity contribution in [3.63, 3.8) is 0 Å². The molecular weight excluding hydrogens is 494 g/mol. The lowest BCUT2D eigenvalue weighted by Gasteiger charge is -2.15. The number of carbonyl (C=O) groups excluding carboxylic acids is 2. The van der Waals surface area contributed by atoms with Crippen molar-refractivity contribution in [3.05, 3.63) is 109 Å². The summed E-state index contributed by atoms with van der Waals surface area (Å²) in [4.78, 5) is 42.4. The predicted octanol–water partition coefficient (Wildman–Crippen LogP) is 5.67. The van der Waals surface area contributed by atoms with Crippen molar-refractivity contribution in [2.75, 3.05) is 4.90 Å². The maximum Gasteiger partial charge on any atom is 0.279 e. The van der Waals surface area contributed by atoms with Crippen LogP contribution in [0.15, 0.2) is 93.2 Å². The van der Waals surface area contributed by atoms with Gasteiger partial charge in [0, 0.05) is 22.2 Å². The van der Waals surface area contributed by atoms with E-state index in [4.69, 9.17) is 0 Å². The second-order valence-corrected chi connectivity index (χ2v) is 8.57. The number of benzene rings is 3. The number of amidine groups is 1. The highest BCUT2D eigenvalue weighted by atomic mass is 79.9. The minimum Gasteiger partial charge on any atom is -0.268 e. The summed E-state index contributed by atoms with van der Waals surface area (Å²) in [5.74, 6) is -0.844. The van der Waals surface area contributed by atoms with Gasteiger partial charge in [-0.1, -0.05) is 46.3 Å². The van der Waals surface area contributed by atoms with Gasteiger partial charge in [0.1, 0.15) is 0 Å². The number of aliphatic imine (C=N–C) groups is 1. The second kappa shape index (κ2) is 9.29. The molecule has 4 rings (SSSR count). The van der Waals surface area contributed by atoms with Crippen LogP contribution in [-0.2, 0) is 4.79 Å². The van der Waals surface area contributed by atoms with E-state index in [0.29, 0.717) is 21.7 Å². The van der Waals surface area contributed by atoms with Gasteiger partial charge in [-0.3, -0.25) is 24.6 Å². The molecule has 1 aliphatic rings. The van der Waals surface area contributed by atoms with Crippen LogP contribution in [0.25, 0.3) is 6.08 Å². The molecular formula is C23H14BrN3O4S. The van der Waals surface area contributed by atoms with Crippen LogP contribution in [-0.4, -0.2) is 21.9 Å². The van der Waals surface area contributed by atoms with Crippen molar-refractivity contribution in [1.29, 1.82) is 0 Å². The number of nitrogens with zero attached hydrogens (tertiary/aromatic N) is 3. The summed E-state index contributed by atoms with van der Waals surface area (Å²) in [5, 5.41) is 11.3. The van der Waals surface area contributed by atoms with E-state index >= 15 is 0 Å². The molecule has 0 aliphatic carbocycles. The van der Waals surface area contributed by atoms with E-state index in [1.165, 1.54) is 17.0 Å². The fourth-order valence-electron chi connectivity index (χ4n) is 2.98. The van der Waals surface area contributed by atoms with Gasteiger partial charge in [0.25, 0.3) is 17.5 Å². The largest absolute Gasteiger partial charge is 0.279 e. The van der Waals surface area contributed by atoms with Crippen molar-refractivity contribution in [2.24, 2.45) is 4.99 Å². The number of carbonyl (C=O) groups is 2. The Hall–Kier alpha value is -3.56. The summed E-state index contributed by atoms with van der Waals surface area (Å²) in [6.45, 7) is 0. The van der Waals surface area contributed by atoms with Gasteiger partial charge in [0.05, 0.1) is 15.5 Å². The number of amides is 2. The minimum absolute atomic E-state index is 0.0762. The van der Waals surface area contributed by atoms with Crippen LogP contribution in [0.3, 0.4) is 0 Å². The Kier molecular flexibility index (Phi) is 6.29. The Labute approximate surface area is 195 Å². The average Bonchev–Trinajstić information content (AvgIpc) is 3.09. The van der Waals surface area contributed by atoms with E-state index in [0.717, 1.165) is 16.2 Å². The molecule has 0 saturated carbocycles. The Morgan fingerprint density at radius 3 is 2.44 bits per heavy atom. The molecule has 3 aromatic carbocycles. The molecule has 32 heavy (non-hydrogen) atoms. The second-order valence-electron chi connectivity index (χ2n) is 6.65. The molecule has 0 N–H and O–H groups in total. The third-order valence-corrected chi connectivity index (χ3v) is 5.99. The topological polar surface area (TPSA) is 92.9 Å². The van der Waals surface area contributed by atoms with E-state index in [9.17, 15) is 19.7 Å². The lowest BCUT2D eigenvalue weighted by Crippen LogP contribution is -2.29. The summed E-state index contributed by atoms with van der Waals surface area (Å²) in [6.07, 6.45) is 1.56. The number of anilines is 1. The summed E-state index contributed by atoms with van der Waals surface area (Å²) >= 11 is 4.41. The minimum atomic E-state index is -0.495. The molecule has 0 aromatic heterocycles. The predicted molar refractivity (Wildman–Crippen MR) is 128 cm³/mol. The molecule has 1 saturated heterocycles. The highest BCUT2D eigenvalue weighted by molar-refractivity contribution is 9.10. The van der Waals surface area contributed by atoms with Crippen LogP contribution in [0, 0.1) is 10.1 Å². The van der Waals surface area contributed by atoms with Crippen molar-refractivity contribution in [1.82, 2.24) is 0 Å². The van der Waals surface area contributed by atoms with E-state index in [2.05, 4.69) is 20.9 Å². The van der Waals surface area contributed by atoms with Crippen LogP contribution < -0.4 is 4.90 Å². The number of rotatable bonds is 4. The Morgan fingerprint density at radius 1 is 1.03 bits per heavy atom. The monoisotopic (exact) mass is 507 g/mol. The van der Waals surface area contributed by atoms with E-state index in [1.54, 1.807) is 72.8 Å². The smallest absolute Gasteiger partial charge is 0.268 e. The van der Waals surface area contributed by atoms with E-state index in [-0.39, 0.29) is 16.8 Å². The number of hydrogen-bond donors (Lipinski definition) is 0. The van der Waals surface area contributed by atoms with Crippen LogP contribution >= 0.6 is 27.7 Å².